The lowest BCUT2D eigenvalue weighted by Gasteiger charge is -2.02. The Hall–Kier alpha value is -1.43. The highest BCUT2D eigenvalue weighted by Gasteiger charge is 2.07. The Morgan fingerprint density at radius 2 is 2.31 bits per heavy atom. The van der Waals surface area contributed by atoms with E-state index in [1.54, 1.807) is 6.92 Å². The zero-order valence-corrected chi connectivity index (χ0v) is 9.56. The molecule has 0 saturated carbocycles. The Morgan fingerprint density at radius 3 is 2.94 bits per heavy atom. The normalized spacial score (nSPS) is 10.4. The molecule has 0 saturated heterocycles. The van der Waals surface area contributed by atoms with Crippen molar-refractivity contribution in [3.05, 3.63) is 11.7 Å². The minimum atomic E-state index is -0.282. The Bertz CT molecular complexity index is 324. The molecule has 0 aromatic carbocycles. The number of esters is 1. The van der Waals surface area contributed by atoms with E-state index < -0.39 is 0 Å². The predicted molar refractivity (Wildman–Crippen MR) is 54.6 cm³/mol. The molecule has 0 bridgehead atoms. The fraction of sp³-hybridized carbons (Fsp3) is 0.700. The van der Waals surface area contributed by atoms with Crippen molar-refractivity contribution in [1.29, 1.82) is 0 Å². The monoisotopic (exact) mass is 228 g/mol. The maximum atomic E-state index is 11.2. The molecule has 1 aromatic rings. The summed E-state index contributed by atoms with van der Waals surface area (Å²) in [6.45, 7) is 4.89. The first kappa shape index (κ1) is 12.6. The van der Waals surface area contributed by atoms with E-state index in [2.05, 4.69) is 10.1 Å². The van der Waals surface area contributed by atoms with E-state index in [4.69, 9.17) is 14.0 Å². The lowest BCUT2D eigenvalue weighted by Crippen LogP contribution is -2.06. The Morgan fingerprint density at radius 1 is 1.50 bits per heavy atom. The van der Waals surface area contributed by atoms with Crippen LogP contribution in [-0.2, 0) is 20.9 Å². The molecule has 0 unspecified atom stereocenters. The van der Waals surface area contributed by atoms with Crippen molar-refractivity contribution in [1.82, 2.24) is 10.1 Å². The minimum Gasteiger partial charge on any atom is -0.456 e. The van der Waals surface area contributed by atoms with Crippen LogP contribution in [0.1, 0.15) is 31.5 Å². The van der Waals surface area contributed by atoms with E-state index in [1.807, 2.05) is 6.92 Å². The van der Waals surface area contributed by atoms with Gasteiger partial charge in [0.25, 0.3) is 5.89 Å². The van der Waals surface area contributed by atoms with Crippen LogP contribution in [0, 0.1) is 6.92 Å². The van der Waals surface area contributed by atoms with Crippen molar-refractivity contribution >= 4 is 5.97 Å². The Kier molecular flexibility index (Phi) is 5.49. The van der Waals surface area contributed by atoms with Crippen molar-refractivity contribution in [2.75, 3.05) is 13.2 Å². The van der Waals surface area contributed by atoms with Crippen molar-refractivity contribution in [2.24, 2.45) is 0 Å². The van der Waals surface area contributed by atoms with E-state index in [0.29, 0.717) is 37.8 Å². The molecule has 1 heterocycles. The van der Waals surface area contributed by atoms with Gasteiger partial charge in [-0.3, -0.25) is 4.79 Å². The smallest absolute Gasteiger partial charge is 0.306 e. The summed E-state index contributed by atoms with van der Waals surface area (Å²) in [7, 11) is 0. The van der Waals surface area contributed by atoms with Gasteiger partial charge in [-0.05, 0) is 20.3 Å². The quantitative estimate of drug-likeness (QED) is 0.516. The molecule has 0 aliphatic rings. The van der Waals surface area contributed by atoms with Crippen LogP contribution in [0.4, 0.5) is 0 Å². The van der Waals surface area contributed by atoms with Gasteiger partial charge in [-0.25, -0.2) is 0 Å². The summed E-state index contributed by atoms with van der Waals surface area (Å²) in [5.74, 6) is 0.564. The molecule has 0 amide bonds. The summed E-state index contributed by atoms with van der Waals surface area (Å²) < 4.78 is 14.8. The number of hydrogen-bond donors (Lipinski definition) is 0. The average Bonchev–Trinajstić information content (AvgIpc) is 2.68. The number of carbonyl (C=O) groups is 1. The number of hydrogen-bond acceptors (Lipinski definition) is 6. The van der Waals surface area contributed by atoms with Crippen LogP contribution in [0.5, 0.6) is 0 Å². The average molecular weight is 228 g/mol. The maximum Gasteiger partial charge on any atom is 0.306 e. The van der Waals surface area contributed by atoms with Gasteiger partial charge in [0.05, 0.1) is 0 Å². The van der Waals surface area contributed by atoms with Crippen LogP contribution in [-0.4, -0.2) is 29.3 Å². The van der Waals surface area contributed by atoms with E-state index in [1.165, 1.54) is 0 Å². The van der Waals surface area contributed by atoms with Gasteiger partial charge >= 0.3 is 5.97 Å². The second-order valence-corrected chi connectivity index (χ2v) is 3.20. The number of nitrogens with zero attached hydrogens (tertiary/aromatic N) is 2. The third-order valence-corrected chi connectivity index (χ3v) is 1.80. The van der Waals surface area contributed by atoms with E-state index in [-0.39, 0.29) is 12.6 Å². The molecule has 0 radical (unpaired) electrons. The first-order valence-corrected chi connectivity index (χ1v) is 5.25. The molecule has 1 aromatic heterocycles. The fourth-order valence-electron chi connectivity index (χ4n) is 1.08. The van der Waals surface area contributed by atoms with Crippen molar-refractivity contribution < 1.29 is 18.8 Å². The van der Waals surface area contributed by atoms with Crippen LogP contribution in [0.25, 0.3) is 0 Å². The maximum absolute atomic E-state index is 11.2. The van der Waals surface area contributed by atoms with Crippen molar-refractivity contribution in [3.8, 4) is 0 Å². The molecular formula is C10H16N2O4. The summed E-state index contributed by atoms with van der Waals surface area (Å²) in [5, 5.41) is 3.58. The lowest BCUT2D eigenvalue weighted by atomic mass is 10.3. The molecule has 0 fully saturated rings. The number of carbonyl (C=O) groups excluding carboxylic acids is 1. The number of aromatic nitrogens is 2. The van der Waals surface area contributed by atoms with Crippen molar-refractivity contribution in [3.63, 3.8) is 0 Å². The van der Waals surface area contributed by atoms with Crippen LogP contribution in [0.3, 0.4) is 0 Å². The summed E-state index contributed by atoms with van der Waals surface area (Å²) >= 11 is 0. The van der Waals surface area contributed by atoms with Crippen LogP contribution in [0.2, 0.25) is 0 Å². The second-order valence-electron chi connectivity index (χ2n) is 3.20. The van der Waals surface area contributed by atoms with Gasteiger partial charge < -0.3 is 14.0 Å². The highest BCUT2D eigenvalue weighted by Crippen LogP contribution is 2.01. The number of ether oxygens (including phenoxy) is 2. The molecule has 0 N–H and O–H groups in total. The molecule has 0 spiro atoms. The molecule has 16 heavy (non-hydrogen) atoms. The van der Waals surface area contributed by atoms with Gasteiger partial charge in [-0.1, -0.05) is 5.16 Å². The molecule has 6 nitrogen and oxygen atoms in total. The topological polar surface area (TPSA) is 74.5 Å². The Labute approximate surface area is 93.9 Å². The van der Waals surface area contributed by atoms with Crippen LogP contribution in [0.15, 0.2) is 4.52 Å². The third-order valence-electron chi connectivity index (χ3n) is 1.80. The SMILES string of the molecule is CCOCCCC(=O)OCc1nc(C)no1. The summed E-state index contributed by atoms with van der Waals surface area (Å²) in [6, 6.07) is 0. The van der Waals surface area contributed by atoms with Crippen molar-refractivity contribution in [2.45, 2.75) is 33.3 Å². The van der Waals surface area contributed by atoms with Gasteiger partial charge in [0.15, 0.2) is 12.4 Å². The third kappa shape index (κ3) is 4.88. The molecule has 90 valence electrons. The highest BCUT2D eigenvalue weighted by molar-refractivity contribution is 5.69. The van der Waals surface area contributed by atoms with Crippen LogP contribution >= 0.6 is 0 Å². The summed E-state index contributed by atoms with van der Waals surface area (Å²) in [6.07, 6.45) is 1.00. The van der Waals surface area contributed by atoms with Gasteiger partial charge in [-0.2, -0.15) is 4.98 Å². The number of rotatable bonds is 7. The second kappa shape index (κ2) is 6.95. The first-order chi connectivity index (χ1) is 7.72. The summed E-state index contributed by atoms with van der Waals surface area (Å²) in [5.41, 5.74) is 0. The first-order valence-electron chi connectivity index (χ1n) is 5.25. The summed E-state index contributed by atoms with van der Waals surface area (Å²) in [4.78, 5) is 15.1. The molecule has 0 atom stereocenters. The molecular weight excluding hydrogens is 212 g/mol. The van der Waals surface area contributed by atoms with Gasteiger partial charge in [-0.15, -0.1) is 0 Å². The van der Waals surface area contributed by atoms with Crippen LogP contribution < -0.4 is 0 Å². The van der Waals surface area contributed by atoms with Gasteiger partial charge in [0.2, 0.25) is 0 Å². The molecule has 0 aliphatic carbocycles. The minimum absolute atomic E-state index is 0.0360. The van der Waals surface area contributed by atoms with E-state index in [9.17, 15) is 4.79 Å². The zero-order chi connectivity index (χ0) is 11.8. The molecule has 6 heteroatoms. The zero-order valence-electron chi connectivity index (χ0n) is 9.56. The Balaban J connectivity index is 2.10. The standard InChI is InChI=1S/C10H16N2O4/c1-3-14-6-4-5-10(13)15-7-9-11-8(2)12-16-9/h3-7H2,1-2H3. The predicted octanol–water partition coefficient (Wildman–Crippen LogP) is 1.24. The lowest BCUT2D eigenvalue weighted by molar-refractivity contribution is -0.146. The number of aryl methyl sites for hydroxylation is 1. The molecule has 1 rings (SSSR count). The molecule has 0 aliphatic heterocycles. The van der Waals surface area contributed by atoms with E-state index in [0.717, 1.165) is 0 Å². The van der Waals surface area contributed by atoms with Gasteiger partial charge in [0, 0.05) is 19.6 Å². The highest BCUT2D eigenvalue weighted by atomic mass is 16.6. The largest absolute Gasteiger partial charge is 0.456 e. The van der Waals surface area contributed by atoms with Gasteiger partial charge in [0.1, 0.15) is 0 Å². The fourth-order valence-corrected chi connectivity index (χ4v) is 1.08. The van der Waals surface area contributed by atoms with E-state index >= 15 is 0 Å².